The Morgan fingerprint density at radius 3 is 2.26 bits per heavy atom. The zero-order valence-corrected chi connectivity index (χ0v) is 11.6. The smallest absolute Gasteiger partial charge is 0.263 e. The summed E-state index contributed by atoms with van der Waals surface area (Å²) in [6, 6.07) is 6.01. The number of nitrogens with two attached hydrogens (primary N) is 1. The van der Waals surface area contributed by atoms with Gasteiger partial charge in [0.2, 0.25) is 0 Å². The molecule has 2 rings (SSSR count). The van der Waals surface area contributed by atoms with Gasteiger partial charge in [-0.3, -0.25) is 9.89 Å². The Morgan fingerprint density at radius 1 is 1.21 bits per heavy atom. The van der Waals surface area contributed by atoms with Crippen LogP contribution in [0.25, 0.3) is 0 Å². The van der Waals surface area contributed by atoms with E-state index >= 15 is 0 Å². The summed E-state index contributed by atoms with van der Waals surface area (Å²) in [4.78, 5) is 14.0. The number of aryl methyl sites for hydroxylation is 3. The molecule has 0 aliphatic carbocycles. The number of nitrogen functional groups attached to an aromatic ring is 1. The molecule has 2 aromatic rings. The van der Waals surface area contributed by atoms with Gasteiger partial charge in [0, 0.05) is 18.4 Å². The lowest BCUT2D eigenvalue weighted by atomic mass is 10.1. The second-order valence-electron chi connectivity index (χ2n) is 4.82. The first-order valence-electron chi connectivity index (χ1n) is 6.07. The number of nitrogens with one attached hydrogen (secondary N) is 1. The highest BCUT2D eigenvalue weighted by Crippen LogP contribution is 2.22. The van der Waals surface area contributed by atoms with E-state index in [1.165, 1.54) is 0 Å². The van der Waals surface area contributed by atoms with E-state index in [1.54, 1.807) is 18.9 Å². The summed E-state index contributed by atoms with van der Waals surface area (Å²) in [6.45, 7) is 5.80. The number of nitrogens with zero attached hydrogens (tertiary/aromatic N) is 2. The summed E-state index contributed by atoms with van der Waals surface area (Å²) in [5, 5.41) is 6.58. The van der Waals surface area contributed by atoms with Crippen LogP contribution in [0.1, 0.15) is 27.2 Å². The summed E-state index contributed by atoms with van der Waals surface area (Å²) in [5.74, 6) is 0.0764. The Labute approximate surface area is 112 Å². The van der Waals surface area contributed by atoms with Gasteiger partial charge in [-0.2, -0.15) is 5.10 Å². The van der Waals surface area contributed by atoms with Gasteiger partial charge in [-0.25, -0.2) is 0 Å². The summed E-state index contributed by atoms with van der Waals surface area (Å²) >= 11 is 0. The molecule has 0 aliphatic heterocycles. The van der Waals surface area contributed by atoms with Gasteiger partial charge in [0.25, 0.3) is 5.91 Å². The largest absolute Gasteiger partial charge is 0.382 e. The third-order valence-corrected chi connectivity index (χ3v) is 3.09. The van der Waals surface area contributed by atoms with E-state index in [9.17, 15) is 4.79 Å². The Balaban J connectivity index is 2.39. The average Bonchev–Trinajstić information content (AvgIpc) is 2.66. The number of rotatable bonds is 2. The monoisotopic (exact) mass is 258 g/mol. The van der Waals surface area contributed by atoms with Crippen molar-refractivity contribution >= 4 is 17.4 Å². The molecule has 5 nitrogen and oxygen atoms in total. The predicted octanol–water partition coefficient (Wildman–Crippen LogP) is 2.19. The van der Waals surface area contributed by atoms with E-state index in [4.69, 9.17) is 5.73 Å². The van der Waals surface area contributed by atoms with Gasteiger partial charge < -0.3 is 10.6 Å². The molecular formula is C14H18N4O. The number of hydrogen-bond acceptors (Lipinski definition) is 3. The zero-order valence-electron chi connectivity index (χ0n) is 11.6. The van der Waals surface area contributed by atoms with Gasteiger partial charge in [0.1, 0.15) is 5.56 Å². The van der Waals surface area contributed by atoms with Crippen molar-refractivity contribution < 1.29 is 4.79 Å². The first kappa shape index (κ1) is 13.1. The maximum absolute atomic E-state index is 12.5. The fraction of sp³-hybridized carbons (Fsp3) is 0.286. The van der Waals surface area contributed by atoms with Crippen molar-refractivity contribution in [3.63, 3.8) is 0 Å². The van der Waals surface area contributed by atoms with Crippen molar-refractivity contribution in [1.29, 1.82) is 0 Å². The quantitative estimate of drug-likeness (QED) is 0.867. The van der Waals surface area contributed by atoms with Gasteiger partial charge in [-0.15, -0.1) is 0 Å². The molecule has 1 amide bonds. The van der Waals surface area contributed by atoms with Crippen LogP contribution in [-0.2, 0) is 0 Å². The molecule has 0 saturated carbocycles. The molecule has 0 fully saturated rings. The summed E-state index contributed by atoms with van der Waals surface area (Å²) in [7, 11) is 1.74. The van der Waals surface area contributed by atoms with E-state index in [-0.39, 0.29) is 11.7 Å². The number of benzene rings is 1. The van der Waals surface area contributed by atoms with Gasteiger partial charge >= 0.3 is 0 Å². The second-order valence-corrected chi connectivity index (χ2v) is 4.82. The molecule has 1 aromatic heterocycles. The Bertz CT molecular complexity index is 591. The second kappa shape index (κ2) is 4.76. The van der Waals surface area contributed by atoms with Crippen LogP contribution in [-0.4, -0.2) is 23.2 Å². The molecule has 19 heavy (non-hydrogen) atoms. The number of amides is 1. The number of carbonyl (C=O) groups is 1. The maximum atomic E-state index is 12.5. The lowest BCUT2D eigenvalue weighted by Crippen LogP contribution is -2.27. The van der Waals surface area contributed by atoms with Crippen LogP contribution in [0.3, 0.4) is 0 Å². The van der Waals surface area contributed by atoms with Crippen molar-refractivity contribution in [3.05, 3.63) is 40.6 Å². The van der Waals surface area contributed by atoms with Crippen LogP contribution in [0.15, 0.2) is 18.2 Å². The topological polar surface area (TPSA) is 75.0 Å². The first-order chi connectivity index (χ1) is 8.90. The van der Waals surface area contributed by atoms with E-state index < -0.39 is 0 Å². The molecule has 1 aromatic carbocycles. The summed E-state index contributed by atoms with van der Waals surface area (Å²) < 4.78 is 0. The van der Waals surface area contributed by atoms with Gasteiger partial charge in [0.05, 0.1) is 0 Å². The fourth-order valence-corrected chi connectivity index (χ4v) is 2.15. The highest BCUT2D eigenvalue weighted by molar-refractivity contribution is 6.09. The van der Waals surface area contributed by atoms with E-state index in [2.05, 4.69) is 16.3 Å². The van der Waals surface area contributed by atoms with E-state index in [1.807, 2.05) is 26.0 Å². The highest BCUT2D eigenvalue weighted by Gasteiger charge is 2.21. The molecule has 0 bridgehead atoms. The van der Waals surface area contributed by atoms with E-state index in [0.717, 1.165) is 16.8 Å². The highest BCUT2D eigenvalue weighted by atomic mass is 16.2. The Kier molecular flexibility index (Phi) is 3.29. The van der Waals surface area contributed by atoms with E-state index in [0.29, 0.717) is 11.3 Å². The number of hydrogen-bond donors (Lipinski definition) is 2. The minimum atomic E-state index is -0.159. The molecule has 5 heteroatoms. The molecule has 3 N–H and O–H groups in total. The summed E-state index contributed by atoms with van der Waals surface area (Å²) in [6.07, 6.45) is 0. The third kappa shape index (κ3) is 2.45. The fourth-order valence-electron chi connectivity index (χ4n) is 2.15. The molecule has 0 atom stereocenters. The predicted molar refractivity (Wildman–Crippen MR) is 76.4 cm³/mol. The molecule has 100 valence electrons. The number of anilines is 2. The average molecular weight is 258 g/mol. The Morgan fingerprint density at radius 2 is 1.79 bits per heavy atom. The van der Waals surface area contributed by atoms with Crippen LogP contribution in [0, 0.1) is 20.8 Å². The number of carbonyl (C=O) groups excluding carboxylic acids is 1. The number of aromatic nitrogens is 2. The third-order valence-electron chi connectivity index (χ3n) is 3.09. The molecule has 0 saturated heterocycles. The maximum Gasteiger partial charge on any atom is 0.263 e. The van der Waals surface area contributed by atoms with Crippen molar-refractivity contribution in [2.75, 3.05) is 17.7 Å². The molecule has 1 heterocycles. The molecular weight excluding hydrogens is 240 g/mol. The van der Waals surface area contributed by atoms with Crippen molar-refractivity contribution in [3.8, 4) is 0 Å². The van der Waals surface area contributed by atoms with Gasteiger partial charge in [0.15, 0.2) is 5.82 Å². The number of H-pyrrole nitrogens is 1. The van der Waals surface area contributed by atoms with Gasteiger partial charge in [-0.1, -0.05) is 6.07 Å². The molecule has 0 unspecified atom stereocenters. The molecule has 0 aliphatic rings. The number of aromatic amines is 1. The lowest BCUT2D eigenvalue weighted by molar-refractivity contribution is 0.0993. The van der Waals surface area contributed by atoms with Crippen LogP contribution in [0.4, 0.5) is 11.5 Å². The Hall–Kier alpha value is -2.30. The molecule has 0 spiro atoms. The standard InChI is InChI=1S/C14H18N4O/c1-8-5-9(2)7-11(6-8)18(4)14(19)12-10(3)16-17-13(12)15/h5-7H,1-4H3,(H3,15,16,17). The SMILES string of the molecule is Cc1cc(C)cc(N(C)C(=O)c2c(N)n[nH]c2C)c1. The van der Waals surface area contributed by atoms with Gasteiger partial charge in [-0.05, 0) is 44.0 Å². The van der Waals surface area contributed by atoms with Crippen LogP contribution >= 0.6 is 0 Å². The van der Waals surface area contributed by atoms with Crippen molar-refractivity contribution in [1.82, 2.24) is 10.2 Å². The normalized spacial score (nSPS) is 10.5. The van der Waals surface area contributed by atoms with Crippen molar-refractivity contribution in [2.45, 2.75) is 20.8 Å². The zero-order chi connectivity index (χ0) is 14.2. The van der Waals surface area contributed by atoms with Crippen molar-refractivity contribution in [2.24, 2.45) is 0 Å². The summed E-state index contributed by atoms with van der Waals surface area (Å²) in [5.41, 5.74) is 9.92. The first-order valence-corrected chi connectivity index (χ1v) is 6.07. The van der Waals surface area contributed by atoms with Crippen LogP contribution < -0.4 is 10.6 Å². The lowest BCUT2D eigenvalue weighted by Gasteiger charge is -2.18. The minimum absolute atomic E-state index is 0.159. The van der Waals surface area contributed by atoms with Crippen LogP contribution in [0.2, 0.25) is 0 Å². The minimum Gasteiger partial charge on any atom is -0.382 e. The van der Waals surface area contributed by atoms with Crippen LogP contribution in [0.5, 0.6) is 0 Å². The molecule has 0 radical (unpaired) electrons.